The van der Waals surface area contributed by atoms with Gasteiger partial charge in [-0.1, -0.05) is 18.2 Å². The van der Waals surface area contributed by atoms with Gasteiger partial charge in [-0.3, -0.25) is 0 Å². The number of carbonyl (C=O) groups is 1. The van der Waals surface area contributed by atoms with Crippen LogP contribution >= 0.6 is 0 Å². The van der Waals surface area contributed by atoms with Crippen molar-refractivity contribution in [2.75, 3.05) is 21.3 Å². The molecule has 0 saturated heterocycles. The molecule has 0 aliphatic carbocycles. The normalized spacial score (nSPS) is 10.6. The van der Waals surface area contributed by atoms with E-state index < -0.39 is 17.4 Å². The highest BCUT2D eigenvalue weighted by atomic mass is 16.5. The van der Waals surface area contributed by atoms with Crippen LogP contribution < -0.4 is 19.8 Å². The number of fused-ring (bicyclic) bond motifs is 1. The highest BCUT2D eigenvalue weighted by Gasteiger charge is 2.26. The monoisotopic (exact) mass is 356 g/mol. The molecule has 134 valence electrons. The summed E-state index contributed by atoms with van der Waals surface area (Å²) in [6.45, 7) is 0. The molecule has 0 atom stereocenters. The highest BCUT2D eigenvalue weighted by molar-refractivity contribution is 6.07. The van der Waals surface area contributed by atoms with Crippen LogP contribution in [0.1, 0.15) is 10.6 Å². The van der Waals surface area contributed by atoms with Gasteiger partial charge in [0.15, 0.2) is 0 Å². The van der Waals surface area contributed by atoms with Crippen molar-refractivity contribution in [3.63, 3.8) is 0 Å². The van der Waals surface area contributed by atoms with Gasteiger partial charge in [-0.2, -0.15) is 0 Å². The Labute approximate surface area is 148 Å². The molecule has 0 unspecified atom stereocenters. The van der Waals surface area contributed by atoms with Gasteiger partial charge >= 0.3 is 11.6 Å². The minimum Gasteiger partial charge on any atom is -0.496 e. The van der Waals surface area contributed by atoms with E-state index in [2.05, 4.69) is 0 Å². The average molecular weight is 356 g/mol. The molecule has 0 amide bonds. The maximum absolute atomic E-state index is 12.2. The molecule has 0 aliphatic rings. The van der Waals surface area contributed by atoms with Crippen LogP contribution in [0.2, 0.25) is 0 Å². The lowest BCUT2D eigenvalue weighted by Crippen LogP contribution is -2.10. The minimum absolute atomic E-state index is 0.198. The largest absolute Gasteiger partial charge is 0.496 e. The molecule has 0 fully saturated rings. The fourth-order valence-corrected chi connectivity index (χ4v) is 2.85. The van der Waals surface area contributed by atoms with Crippen molar-refractivity contribution < 1.29 is 28.5 Å². The van der Waals surface area contributed by atoms with Gasteiger partial charge in [0.25, 0.3) is 0 Å². The Morgan fingerprint density at radius 1 is 0.923 bits per heavy atom. The summed E-state index contributed by atoms with van der Waals surface area (Å²) < 4.78 is 21.2. The van der Waals surface area contributed by atoms with E-state index in [1.54, 1.807) is 36.4 Å². The zero-order valence-electron chi connectivity index (χ0n) is 14.4. The number of rotatable bonds is 5. The molecule has 1 heterocycles. The van der Waals surface area contributed by atoms with Crippen molar-refractivity contribution in [3.05, 3.63) is 52.6 Å². The third-order valence-corrected chi connectivity index (χ3v) is 4.00. The van der Waals surface area contributed by atoms with Gasteiger partial charge in [-0.15, -0.1) is 0 Å². The number of benzene rings is 2. The van der Waals surface area contributed by atoms with Gasteiger partial charge in [-0.05, 0) is 6.07 Å². The van der Waals surface area contributed by atoms with Gasteiger partial charge in [-0.25, -0.2) is 9.59 Å². The number of hydrogen-bond donors (Lipinski definition) is 1. The zero-order valence-corrected chi connectivity index (χ0v) is 14.4. The van der Waals surface area contributed by atoms with E-state index in [-0.39, 0.29) is 10.9 Å². The first-order chi connectivity index (χ1) is 12.5. The van der Waals surface area contributed by atoms with Crippen LogP contribution in [0.5, 0.6) is 17.2 Å². The first-order valence-electron chi connectivity index (χ1n) is 7.61. The summed E-state index contributed by atoms with van der Waals surface area (Å²) in [6, 6.07) is 9.80. The Kier molecular flexibility index (Phi) is 4.53. The summed E-state index contributed by atoms with van der Waals surface area (Å²) in [5, 5.41) is 10.3. The second kappa shape index (κ2) is 6.79. The molecule has 0 aliphatic heterocycles. The van der Waals surface area contributed by atoms with Crippen LogP contribution in [0.25, 0.3) is 21.9 Å². The Balaban J connectivity index is 2.53. The zero-order chi connectivity index (χ0) is 18.8. The third kappa shape index (κ3) is 2.73. The van der Waals surface area contributed by atoms with Crippen molar-refractivity contribution in [2.24, 2.45) is 0 Å². The first kappa shape index (κ1) is 17.3. The molecule has 3 aromatic rings. The third-order valence-electron chi connectivity index (χ3n) is 4.00. The average Bonchev–Trinajstić information content (AvgIpc) is 2.67. The van der Waals surface area contributed by atoms with Crippen LogP contribution in [-0.2, 0) is 0 Å². The number of carboxylic acid groups (broad SMARTS) is 1. The van der Waals surface area contributed by atoms with Crippen LogP contribution in [0.15, 0.2) is 45.6 Å². The van der Waals surface area contributed by atoms with Crippen LogP contribution in [0.4, 0.5) is 0 Å². The molecule has 0 radical (unpaired) electrons. The predicted molar refractivity (Wildman–Crippen MR) is 94.5 cm³/mol. The second-order valence-corrected chi connectivity index (χ2v) is 5.35. The molecule has 1 aromatic heterocycles. The van der Waals surface area contributed by atoms with E-state index in [0.29, 0.717) is 28.2 Å². The van der Waals surface area contributed by atoms with Crippen LogP contribution in [0.3, 0.4) is 0 Å². The van der Waals surface area contributed by atoms with Crippen molar-refractivity contribution in [2.45, 2.75) is 0 Å². The maximum Gasteiger partial charge on any atom is 0.372 e. The van der Waals surface area contributed by atoms with Crippen molar-refractivity contribution in [3.8, 4) is 28.4 Å². The van der Waals surface area contributed by atoms with Gasteiger partial charge in [0.1, 0.15) is 17.2 Å². The van der Waals surface area contributed by atoms with E-state index in [1.165, 1.54) is 21.3 Å². The fourth-order valence-electron chi connectivity index (χ4n) is 2.85. The van der Waals surface area contributed by atoms with E-state index in [9.17, 15) is 14.7 Å². The summed E-state index contributed by atoms with van der Waals surface area (Å²) in [4.78, 5) is 24.0. The second-order valence-electron chi connectivity index (χ2n) is 5.35. The number of methoxy groups -OCH3 is 3. The molecule has 3 rings (SSSR count). The van der Waals surface area contributed by atoms with E-state index in [1.807, 2.05) is 0 Å². The predicted octanol–water partition coefficient (Wildman–Crippen LogP) is 3.18. The minimum atomic E-state index is -1.37. The Morgan fingerprint density at radius 2 is 1.50 bits per heavy atom. The van der Waals surface area contributed by atoms with Crippen molar-refractivity contribution in [1.82, 2.24) is 0 Å². The lowest BCUT2D eigenvalue weighted by atomic mass is 9.96. The van der Waals surface area contributed by atoms with E-state index in [0.717, 1.165) is 0 Å². The molecule has 0 saturated carbocycles. The molecular formula is C19H16O7. The topological polar surface area (TPSA) is 95.2 Å². The maximum atomic E-state index is 12.2. The summed E-state index contributed by atoms with van der Waals surface area (Å²) in [5.41, 5.74) is -0.176. The highest BCUT2D eigenvalue weighted by Crippen LogP contribution is 2.45. The molecule has 0 spiro atoms. The molecular weight excluding hydrogens is 340 g/mol. The first-order valence-corrected chi connectivity index (χ1v) is 7.61. The Morgan fingerprint density at radius 3 is 2.00 bits per heavy atom. The van der Waals surface area contributed by atoms with Gasteiger partial charge in [0, 0.05) is 23.1 Å². The van der Waals surface area contributed by atoms with Crippen LogP contribution in [0, 0.1) is 0 Å². The van der Waals surface area contributed by atoms with E-state index >= 15 is 0 Å². The van der Waals surface area contributed by atoms with Crippen molar-refractivity contribution in [1.29, 1.82) is 0 Å². The summed E-state index contributed by atoms with van der Waals surface area (Å²) in [6.07, 6.45) is 0. The summed E-state index contributed by atoms with van der Waals surface area (Å²) in [5.74, 6) is -0.746. The number of ether oxygens (including phenoxy) is 3. The fraction of sp³-hybridized carbons (Fsp3) is 0.158. The molecule has 0 bridgehead atoms. The Hall–Kier alpha value is -3.48. The lowest BCUT2D eigenvalue weighted by Gasteiger charge is -2.17. The number of hydrogen-bond acceptors (Lipinski definition) is 6. The van der Waals surface area contributed by atoms with Gasteiger partial charge in [0.2, 0.25) is 5.76 Å². The standard InChI is InChI=1S/C19H16O7/c1-23-10-8-13(24-2)16(14(9-10)25-3)15-11-6-4-5-7-12(11)19(22)26-17(15)18(20)21/h4-9H,1-3H3,(H,20,21). The van der Waals surface area contributed by atoms with Crippen LogP contribution in [-0.4, -0.2) is 32.4 Å². The molecule has 7 nitrogen and oxygen atoms in total. The molecule has 1 N–H and O–H groups in total. The molecule has 26 heavy (non-hydrogen) atoms. The lowest BCUT2D eigenvalue weighted by molar-refractivity contribution is 0.0659. The van der Waals surface area contributed by atoms with Crippen molar-refractivity contribution >= 4 is 16.7 Å². The number of aromatic carboxylic acids is 1. The summed E-state index contributed by atoms with van der Waals surface area (Å²) >= 11 is 0. The summed E-state index contributed by atoms with van der Waals surface area (Å²) in [7, 11) is 4.38. The molecule has 2 aromatic carbocycles. The smallest absolute Gasteiger partial charge is 0.372 e. The SMILES string of the molecule is COc1cc(OC)c(-c2c(C(=O)O)oc(=O)c3ccccc23)c(OC)c1. The number of carboxylic acids is 1. The van der Waals surface area contributed by atoms with E-state index in [4.69, 9.17) is 18.6 Å². The Bertz CT molecular complexity index is 1020. The van der Waals surface area contributed by atoms with Gasteiger partial charge in [0.05, 0.1) is 32.3 Å². The quantitative estimate of drug-likeness (QED) is 0.750. The molecule has 7 heteroatoms. The van der Waals surface area contributed by atoms with Gasteiger partial charge < -0.3 is 23.7 Å².